The van der Waals surface area contributed by atoms with Crippen molar-refractivity contribution in [2.75, 3.05) is 19.0 Å². The number of hydrogen-bond donors (Lipinski definition) is 2. The molecule has 0 aromatic heterocycles. The van der Waals surface area contributed by atoms with Gasteiger partial charge in [-0.05, 0) is 32.6 Å². The lowest BCUT2D eigenvalue weighted by Gasteiger charge is -2.24. The summed E-state index contributed by atoms with van der Waals surface area (Å²) in [6.07, 6.45) is 2.72. The summed E-state index contributed by atoms with van der Waals surface area (Å²) in [6.45, 7) is 9.57. The molecule has 0 rings (SSSR count). The number of thiol groups is 1. The number of aldehydes is 1. The second-order valence-corrected chi connectivity index (χ2v) is 6.94. The fourth-order valence-electron chi connectivity index (χ4n) is 1.23. The van der Waals surface area contributed by atoms with Crippen LogP contribution in [-0.2, 0) is 14.3 Å². The highest BCUT2D eigenvalue weighted by molar-refractivity contribution is 8.68. The third-order valence-corrected chi connectivity index (χ3v) is 3.37. The Hall–Kier alpha value is -0.400. The van der Waals surface area contributed by atoms with Crippen molar-refractivity contribution in [1.29, 1.82) is 0 Å². The summed E-state index contributed by atoms with van der Waals surface area (Å²) < 4.78 is 10.0. The zero-order chi connectivity index (χ0) is 16.7. The Morgan fingerprint density at radius 1 is 1.38 bits per heavy atom. The van der Waals surface area contributed by atoms with Crippen molar-refractivity contribution in [3.8, 4) is 0 Å². The molecule has 5 nitrogen and oxygen atoms in total. The average molecular weight is 340 g/mol. The zero-order valence-electron chi connectivity index (χ0n) is 13.5. The third-order valence-electron chi connectivity index (χ3n) is 2.47. The molecule has 0 radical (unpaired) electrons. The van der Waals surface area contributed by atoms with E-state index in [4.69, 9.17) is 4.74 Å². The molecule has 21 heavy (non-hydrogen) atoms. The second-order valence-electron chi connectivity index (χ2n) is 5.50. The summed E-state index contributed by atoms with van der Waals surface area (Å²) in [6, 6.07) is 0. The maximum atomic E-state index is 10.2. The molecule has 0 aliphatic heterocycles. The van der Waals surface area contributed by atoms with E-state index in [1.165, 1.54) is 10.8 Å². The number of ether oxygens (including phenoxy) is 2. The molecule has 0 spiro atoms. The lowest BCUT2D eigenvalue weighted by atomic mass is 10.0. The Morgan fingerprint density at radius 2 is 2.00 bits per heavy atom. The third kappa shape index (κ3) is 22.0. The highest BCUT2D eigenvalue weighted by Gasteiger charge is 2.17. The van der Waals surface area contributed by atoms with E-state index in [9.17, 15) is 9.59 Å². The molecule has 0 bridgehead atoms. The van der Waals surface area contributed by atoms with Crippen molar-refractivity contribution in [2.45, 2.75) is 52.6 Å². The first-order chi connectivity index (χ1) is 9.75. The van der Waals surface area contributed by atoms with Crippen LogP contribution in [-0.4, -0.2) is 36.9 Å². The summed E-state index contributed by atoms with van der Waals surface area (Å²) in [5, 5.41) is 0. The molecule has 0 aromatic rings. The number of rotatable bonds is 10. The fraction of sp³-hybridized carbons (Fsp3) is 0.857. The lowest BCUT2D eigenvalue weighted by molar-refractivity contribution is -0.109. The molecule has 0 aliphatic rings. The van der Waals surface area contributed by atoms with Gasteiger partial charge in [-0.25, -0.2) is 4.79 Å². The average Bonchev–Trinajstić information content (AvgIpc) is 2.36. The Kier molecular flexibility index (Phi) is 15.8. The van der Waals surface area contributed by atoms with Crippen molar-refractivity contribution >= 4 is 34.8 Å². The first-order valence-electron chi connectivity index (χ1n) is 7.01. The van der Waals surface area contributed by atoms with Crippen LogP contribution in [0.4, 0.5) is 4.79 Å². The van der Waals surface area contributed by atoms with Crippen LogP contribution in [0.3, 0.4) is 0 Å². The van der Waals surface area contributed by atoms with Crippen LogP contribution in [0.2, 0.25) is 0 Å². The molecule has 0 aliphatic carbocycles. The van der Waals surface area contributed by atoms with Crippen LogP contribution in [0.15, 0.2) is 0 Å². The van der Waals surface area contributed by atoms with Crippen molar-refractivity contribution < 1.29 is 19.1 Å². The molecule has 0 aromatic carbocycles. The molecule has 0 saturated heterocycles. The van der Waals surface area contributed by atoms with Crippen LogP contribution < -0.4 is 5.73 Å². The highest BCUT2D eigenvalue weighted by atomic mass is 33.1. The largest absolute Gasteiger partial charge is 0.449 e. The second kappa shape index (κ2) is 14.5. The van der Waals surface area contributed by atoms with E-state index in [0.29, 0.717) is 24.7 Å². The van der Waals surface area contributed by atoms with Crippen LogP contribution >= 0.6 is 22.5 Å². The highest BCUT2D eigenvalue weighted by Crippen LogP contribution is 2.16. The van der Waals surface area contributed by atoms with E-state index < -0.39 is 6.09 Å². The van der Waals surface area contributed by atoms with Gasteiger partial charge in [0, 0.05) is 18.8 Å². The van der Waals surface area contributed by atoms with Crippen LogP contribution in [0.5, 0.6) is 0 Å². The van der Waals surface area contributed by atoms with E-state index >= 15 is 0 Å². The van der Waals surface area contributed by atoms with Gasteiger partial charge in [0.25, 0.3) is 0 Å². The van der Waals surface area contributed by atoms with E-state index in [0.717, 1.165) is 25.7 Å². The molecule has 2 N–H and O–H groups in total. The standard InChI is InChI=1S/C11H22O2.C3H7NO2S2/c1-10(2)6-9-13-11(3,4)7-5-8-12;4-3(5)6-1-2-8-7/h8,10H,5-7,9H2,1-4H3;7H,1-2H2,(H2,4,5). The van der Waals surface area contributed by atoms with E-state index in [1.54, 1.807) is 0 Å². The summed E-state index contributed by atoms with van der Waals surface area (Å²) in [7, 11) is 1.31. The van der Waals surface area contributed by atoms with Crippen LogP contribution in [0.25, 0.3) is 0 Å². The minimum Gasteiger partial charge on any atom is -0.449 e. The smallest absolute Gasteiger partial charge is 0.404 e. The molecular formula is C14H29NO4S2. The van der Waals surface area contributed by atoms with Crippen LogP contribution in [0, 0.1) is 5.92 Å². The molecule has 126 valence electrons. The molecule has 0 atom stereocenters. The maximum absolute atomic E-state index is 10.2. The molecule has 7 heteroatoms. The van der Waals surface area contributed by atoms with Crippen LogP contribution in [0.1, 0.15) is 47.0 Å². The Morgan fingerprint density at radius 3 is 2.43 bits per heavy atom. The van der Waals surface area contributed by atoms with Gasteiger partial charge in [-0.3, -0.25) is 0 Å². The Labute approximate surface area is 137 Å². The number of primary amides is 1. The zero-order valence-corrected chi connectivity index (χ0v) is 15.2. The van der Waals surface area contributed by atoms with Crippen molar-refractivity contribution in [3.63, 3.8) is 0 Å². The number of carbonyl (C=O) groups excluding carboxylic acids is 2. The molecule has 1 amide bonds. The summed E-state index contributed by atoms with van der Waals surface area (Å²) in [5.41, 5.74) is 4.49. The summed E-state index contributed by atoms with van der Waals surface area (Å²) in [5.74, 6) is 1.35. The topological polar surface area (TPSA) is 78.6 Å². The molecule has 0 heterocycles. The minimum atomic E-state index is -0.729. The number of hydrogen-bond acceptors (Lipinski definition) is 6. The van der Waals surface area contributed by atoms with Gasteiger partial charge >= 0.3 is 6.09 Å². The van der Waals surface area contributed by atoms with Crippen molar-refractivity contribution in [1.82, 2.24) is 0 Å². The first kappa shape index (κ1) is 22.9. The normalized spacial score (nSPS) is 10.8. The Balaban J connectivity index is 0. The molecule has 0 unspecified atom stereocenters. The molecule has 0 saturated carbocycles. The van der Waals surface area contributed by atoms with Crippen molar-refractivity contribution in [3.05, 3.63) is 0 Å². The van der Waals surface area contributed by atoms with Gasteiger partial charge in [-0.2, -0.15) is 0 Å². The molecule has 0 fully saturated rings. The number of amides is 1. The van der Waals surface area contributed by atoms with Gasteiger partial charge in [0.2, 0.25) is 0 Å². The van der Waals surface area contributed by atoms with E-state index in [2.05, 4.69) is 36.0 Å². The SMILES string of the molecule is CC(C)CCOC(C)(C)CCC=O.NC(=O)OCCSS. The lowest BCUT2D eigenvalue weighted by Crippen LogP contribution is -2.25. The monoisotopic (exact) mass is 339 g/mol. The number of nitrogens with two attached hydrogens (primary N) is 1. The van der Waals surface area contributed by atoms with E-state index in [1.807, 2.05) is 13.8 Å². The summed E-state index contributed by atoms with van der Waals surface area (Å²) >= 11 is 3.81. The van der Waals surface area contributed by atoms with Gasteiger partial charge < -0.3 is 20.0 Å². The minimum absolute atomic E-state index is 0.143. The van der Waals surface area contributed by atoms with Crippen molar-refractivity contribution in [2.24, 2.45) is 11.7 Å². The Bertz CT molecular complexity index is 274. The predicted molar refractivity (Wildman–Crippen MR) is 91.8 cm³/mol. The van der Waals surface area contributed by atoms with Gasteiger partial charge in [-0.15, -0.1) is 11.7 Å². The van der Waals surface area contributed by atoms with E-state index in [-0.39, 0.29) is 5.60 Å². The van der Waals surface area contributed by atoms with Gasteiger partial charge in [0.1, 0.15) is 12.9 Å². The van der Waals surface area contributed by atoms with Gasteiger partial charge in [0.15, 0.2) is 0 Å². The van der Waals surface area contributed by atoms with Gasteiger partial charge in [0.05, 0.1) is 5.60 Å². The number of carbonyl (C=O) groups is 2. The first-order valence-corrected chi connectivity index (χ1v) is 9.05. The predicted octanol–water partition coefficient (Wildman–Crippen LogP) is 3.47. The summed E-state index contributed by atoms with van der Waals surface area (Å²) in [4.78, 5) is 20.0. The maximum Gasteiger partial charge on any atom is 0.404 e. The molecular weight excluding hydrogens is 310 g/mol. The van der Waals surface area contributed by atoms with Gasteiger partial charge in [-0.1, -0.05) is 24.6 Å². The fourth-order valence-corrected chi connectivity index (χ4v) is 1.61. The quantitative estimate of drug-likeness (QED) is 0.276.